The second kappa shape index (κ2) is 5.21. The summed E-state index contributed by atoms with van der Waals surface area (Å²) >= 11 is 1.83. The number of aryl methyl sites for hydroxylation is 2. The van der Waals surface area contributed by atoms with Gasteiger partial charge in [0.1, 0.15) is 5.01 Å². The number of nitrogens with two attached hydrogens (primary N) is 1. The molecule has 3 rings (SSSR count). The van der Waals surface area contributed by atoms with Crippen molar-refractivity contribution < 1.29 is 0 Å². The van der Waals surface area contributed by atoms with E-state index in [4.69, 9.17) is 10.7 Å². The Kier molecular flexibility index (Phi) is 3.43. The molecule has 0 saturated carbocycles. The monoisotopic (exact) mass is 258 g/mol. The van der Waals surface area contributed by atoms with Crippen molar-refractivity contribution in [1.82, 2.24) is 4.98 Å². The third kappa shape index (κ3) is 2.47. The van der Waals surface area contributed by atoms with E-state index in [0.29, 0.717) is 0 Å². The van der Waals surface area contributed by atoms with Crippen LogP contribution in [0.5, 0.6) is 0 Å². The minimum atomic E-state index is 0.0444. The van der Waals surface area contributed by atoms with Gasteiger partial charge < -0.3 is 5.73 Å². The van der Waals surface area contributed by atoms with Gasteiger partial charge in [0.05, 0.1) is 11.7 Å². The lowest BCUT2D eigenvalue weighted by molar-refractivity contribution is 0.669. The van der Waals surface area contributed by atoms with Crippen molar-refractivity contribution in [2.24, 2.45) is 5.73 Å². The van der Waals surface area contributed by atoms with E-state index in [1.165, 1.54) is 35.4 Å². The van der Waals surface area contributed by atoms with Crippen LogP contribution in [0.2, 0.25) is 0 Å². The van der Waals surface area contributed by atoms with Gasteiger partial charge in [0.15, 0.2) is 0 Å². The summed E-state index contributed by atoms with van der Waals surface area (Å²) in [4.78, 5) is 6.21. The van der Waals surface area contributed by atoms with Gasteiger partial charge in [0.25, 0.3) is 0 Å². The third-order valence-corrected chi connectivity index (χ3v) is 4.77. The standard InChI is InChI=1S/C15H18N2S/c16-12(10-11-6-2-1-3-7-11)15-17-13-8-4-5-9-14(13)18-15/h1-3,6-7,12H,4-5,8-10,16H2. The van der Waals surface area contributed by atoms with Crippen LogP contribution in [0, 0.1) is 0 Å². The molecule has 0 saturated heterocycles. The van der Waals surface area contributed by atoms with E-state index >= 15 is 0 Å². The van der Waals surface area contributed by atoms with Crippen LogP contribution in [0.15, 0.2) is 30.3 Å². The van der Waals surface area contributed by atoms with Crippen LogP contribution in [0.3, 0.4) is 0 Å². The number of hydrogen-bond donors (Lipinski definition) is 1. The quantitative estimate of drug-likeness (QED) is 0.917. The van der Waals surface area contributed by atoms with Gasteiger partial charge in [-0.1, -0.05) is 30.3 Å². The molecule has 18 heavy (non-hydrogen) atoms. The molecule has 1 unspecified atom stereocenters. The summed E-state index contributed by atoms with van der Waals surface area (Å²) in [5.74, 6) is 0. The molecule has 1 aliphatic carbocycles. The van der Waals surface area contributed by atoms with Crippen LogP contribution in [0.4, 0.5) is 0 Å². The van der Waals surface area contributed by atoms with Crippen molar-refractivity contribution in [3.05, 3.63) is 51.5 Å². The Morgan fingerprint density at radius 3 is 2.72 bits per heavy atom. The van der Waals surface area contributed by atoms with Crippen molar-refractivity contribution in [3.8, 4) is 0 Å². The van der Waals surface area contributed by atoms with E-state index in [0.717, 1.165) is 17.8 Å². The fourth-order valence-corrected chi connectivity index (χ4v) is 3.64. The van der Waals surface area contributed by atoms with Gasteiger partial charge in [0, 0.05) is 4.88 Å². The molecule has 0 bridgehead atoms. The molecule has 0 fully saturated rings. The molecule has 1 atom stereocenters. The lowest BCUT2D eigenvalue weighted by Crippen LogP contribution is -2.13. The minimum Gasteiger partial charge on any atom is -0.322 e. The normalized spacial score (nSPS) is 16.3. The first kappa shape index (κ1) is 11.9. The molecule has 0 spiro atoms. The average molecular weight is 258 g/mol. The van der Waals surface area contributed by atoms with Gasteiger partial charge in [-0.2, -0.15) is 0 Å². The molecule has 2 nitrogen and oxygen atoms in total. The molecule has 0 radical (unpaired) electrons. The maximum absolute atomic E-state index is 6.29. The van der Waals surface area contributed by atoms with Crippen LogP contribution in [-0.2, 0) is 19.3 Å². The highest BCUT2D eigenvalue weighted by atomic mass is 32.1. The summed E-state index contributed by atoms with van der Waals surface area (Å²) in [5.41, 5.74) is 8.89. The lowest BCUT2D eigenvalue weighted by atomic mass is 10.0. The number of nitrogens with zero attached hydrogens (tertiary/aromatic N) is 1. The molecule has 2 aromatic rings. The number of benzene rings is 1. The molecule has 0 amide bonds. The van der Waals surface area contributed by atoms with E-state index in [9.17, 15) is 0 Å². The van der Waals surface area contributed by atoms with Crippen molar-refractivity contribution in [2.75, 3.05) is 0 Å². The summed E-state index contributed by atoms with van der Waals surface area (Å²) < 4.78 is 0. The van der Waals surface area contributed by atoms with Crippen molar-refractivity contribution in [2.45, 2.75) is 38.1 Å². The van der Waals surface area contributed by atoms with Crippen LogP contribution in [0.25, 0.3) is 0 Å². The Morgan fingerprint density at radius 2 is 1.94 bits per heavy atom. The average Bonchev–Trinajstić information content (AvgIpc) is 2.84. The number of fused-ring (bicyclic) bond motifs is 1. The number of thiazole rings is 1. The highest BCUT2D eigenvalue weighted by Gasteiger charge is 2.18. The van der Waals surface area contributed by atoms with Crippen LogP contribution in [-0.4, -0.2) is 4.98 Å². The molecule has 2 N–H and O–H groups in total. The van der Waals surface area contributed by atoms with Crippen LogP contribution < -0.4 is 5.73 Å². The van der Waals surface area contributed by atoms with E-state index in [1.54, 1.807) is 0 Å². The summed E-state index contributed by atoms with van der Waals surface area (Å²) in [6.45, 7) is 0. The maximum Gasteiger partial charge on any atom is 0.110 e. The van der Waals surface area contributed by atoms with Gasteiger partial charge in [-0.3, -0.25) is 0 Å². The topological polar surface area (TPSA) is 38.9 Å². The first-order chi connectivity index (χ1) is 8.83. The fraction of sp³-hybridized carbons (Fsp3) is 0.400. The maximum atomic E-state index is 6.29. The predicted molar refractivity (Wildman–Crippen MR) is 75.8 cm³/mol. The van der Waals surface area contributed by atoms with Gasteiger partial charge in [-0.25, -0.2) is 4.98 Å². The fourth-order valence-electron chi connectivity index (χ4n) is 2.49. The lowest BCUT2D eigenvalue weighted by Gasteiger charge is -2.08. The van der Waals surface area contributed by atoms with Crippen LogP contribution in [0.1, 0.15) is 40.0 Å². The van der Waals surface area contributed by atoms with E-state index in [2.05, 4.69) is 24.3 Å². The Labute approximate surface area is 112 Å². The van der Waals surface area contributed by atoms with Gasteiger partial charge in [0.2, 0.25) is 0 Å². The number of rotatable bonds is 3. The molecule has 0 aliphatic heterocycles. The third-order valence-electron chi connectivity index (χ3n) is 3.48. The SMILES string of the molecule is NC(Cc1ccccc1)c1nc2c(s1)CCCC2. The van der Waals surface area contributed by atoms with E-state index in [-0.39, 0.29) is 6.04 Å². The molecular formula is C15H18N2S. The van der Waals surface area contributed by atoms with Crippen molar-refractivity contribution in [3.63, 3.8) is 0 Å². The zero-order chi connectivity index (χ0) is 12.4. The molecule has 1 aromatic carbocycles. The number of aromatic nitrogens is 1. The molecule has 1 aromatic heterocycles. The Morgan fingerprint density at radius 1 is 1.17 bits per heavy atom. The van der Waals surface area contributed by atoms with Crippen molar-refractivity contribution in [1.29, 1.82) is 0 Å². The molecule has 94 valence electrons. The Bertz CT molecular complexity index is 495. The van der Waals surface area contributed by atoms with Crippen LogP contribution >= 0.6 is 11.3 Å². The highest BCUT2D eigenvalue weighted by Crippen LogP contribution is 2.30. The van der Waals surface area contributed by atoms with E-state index < -0.39 is 0 Å². The second-order valence-electron chi connectivity index (χ2n) is 4.93. The van der Waals surface area contributed by atoms with Gasteiger partial charge in [-0.15, -0.1) is 11.3 Å². The molecule has 1 aliphatic rings. The molecule has 3 heteroatoms. The smallest absolute Gasteiger partial charge is 0.110 e. The van der Waals surface area contributed by atoms with Gasteiger partial charge in [-0.05, 0) is 37.7 Å². The molecular weight excluding hydrogens is 240 g/mol. The summed E-state index contributed by atoms with van der Waals surface area (Å²) in [6, 6.07) is 10.5. The zero-order valence-corrected chi connectivity index (χ0v) is 11.2. The van der Waals surface area contributed by atoms with E-state index in [1.807, 2.05) is 17.4 Å². The summed E-state index contributed by atoms with van der Waals surface area (Å²) in [6.07, 6.45) is 5.81. The Hall–Kier alpha value is -1.19. The largest absolute Gasteiger partial charge is 0.322 e. The first-order valence-electron chi connectivity index (χ1n) is 6.61. The van der Waals surface area contributed by atoms with Crippen molar-refractivity contribution >= 4 is 11.3 Å². The first-order valence-corrected chi connectivity index (χ1v) is 7.42. The second-order valence-corrected chi connectivity index (χ2v) is 6.04. The zero-order valence-electron chi connectivity index (χ0n) is 10.4. The predicted octanol–water partition coefficient (Wildman–Crippen LogP) is 3.26. The Balaban J connectivity index is 1.76. The highest BCUT2D eigenvalue weighted by molar-refractivity contribution is 7.11. The van der Waals surface area contributed by atoms with Gasteiger partial charge >= 0.3 is 0 Å². The minimum absolute atomic E-state index is 0.0444. The summed E-state index contributed by atoms with van der Waals surface area (Å²) in [5, 5.41) is 1.12. The summed E-state index contributed by atoms with van der Waals surface area (Å²) in [7, 11) is 0. The number of hydrogen-bond acceptors (Lipinski definition) is 3. The molecule has 1 heterocycles.